The van der Waals surface area contributed by atoms with Gasteiger partial charge in [0.25, 0.3) is 0 Å². The van der Waals surface area contributed by atoms with E-state index in [0.29, 0.717) is 45.4 Å². The molecule has 0 saturated heterocycles. The molecule has 0 aliphatic rings. The average molecular weight is 1000 g/mol. The molecule has 0 fully saturated rings. The highest BCUT2D eigenvalue weighted by atomic mass is 19.4. The van der Waals surface area contributed by atoms with E-state index in [4.69, 9.17) is 0 Å². The van der Waals surface area contributed by atoms with Crippen molar-refractivity contribution in [3.8, 4) is 50.8 Å². The highest BCUT2D eigenvalue weighted by Gasteiger charge is 2.40. The summed E-state index contributed by atoms with van der Waals surface area (Å²) in [6.07, 6.45) is -25.5. The van der Waals surface area contributed by atoms with E-state index < -0.39 is 69.8 Å². The van der Waals surface area contributed by atoms with Crippen LogP contribution in [0.1, 0.15) is 33.4 Å². The summed E-state index contributed by atoms with van der Waals surface area (Å²) in [7, 11) is 0. The molecule has 0 aliphatic carbocycles. The molecule has 8 aromatic carbocycles. The van der Waals surface area contributed by atoms with Gasteiger partial charge in [-0.25, -0.2) is 0 Å². The lowest BCUT2D eigenvalue weighted by Crippen LogP contribution is -2.12. The first-order valence-corrected chi connectivity index (χ1v) is 21.2. The zero-order valence-electron chi connectivity index (χ0n) is 36.0. The smallest absolute Gasteiger partial charge is 0.309 e. The first kappa shape index (κ1) is 47.5. The number of para-hydroxylation sites is 2. The van der Waals surface area contributed by atoms with Crippen LogP contribution in [0.4, 0.5) is 65.9 Å². The lowest BCUT2D eigenvalue weighted by atomic mass is 9.95. The van der Waals surface area contributed by atoms with Gasteiger partial charge in [-0.2, -0.15) is 71.1 Å². The summed E-state index contributed by atoms with van der Waals surface area (Å²) in [5.74, 6) is 0. The van der Waals surface area contributed by atoms with E-state index >= 15 is 0 Å². The van der Waals surface area contributed by atoms with Crippen LogP contribution in [-0.4, -0.2) is 9.13 Å². The standard InChI is InChI=1S/C54H26F15N3/c55-50(56,57)31-12-15-34(42(24-31)53(64,65)66)29-10-19-47-40(22-29)36-5-1-3-7-44(36)71(47)46-18-9-28(27-70)21-39(46)38-17-14-33(52(61,62)63)26-49(38)72-45-8-4-2-6-37(45)41-23-30(11-20-48(41)72)35-16-13-32(51(58,59)60)25-43(35)54(67,68)69/h1-26H. The van der Waals surface area contributed by atoms with Crippen LogP contribution >= 0.6 is 0 Å². The molecule has 0 unspecified atom stereocenters. The third-order valence-corrected chi connectivity index (χ3v) is 12.5. The lowest BCUT2D eigenvalue weighted by molar-refractivity contribution is -0.144. The number of halogens is 15. The summed E-state index contributed by atoms with van der Waals surface area (Å²) < 4.78 is 216. The van der Waals surface area contributed by atoms with E-state index in [2.05, 4.69) is 0 Å². The molecule has 3 nitrogen and oxygen atoms in total. The summed E-state index contributed by atoms with van der Waals surface area (Å²) in [4.78, 5) is 0. The molecular weight excluding hydrogens is 976 g/mol. The lowest BCUT2D eigenvalue weighted by Gasteiger charge is -2.20. The predicted molar refractivity (Wildman–Crippen MR) is 241 cm³/mol. The van der Waals surface area contributed by atoms with Crippen LogP contribution in [0.5, 0.6) is 0 Å². The number of hydrogen-bond acceptors (Lipinski definition) is 1. The number of hydrogen-bond donors (Lipinski definition) is 0. The Labute approximate surface area is 395 Å². The molecule has 2 heterocycles. The van der Waals surface area contributed by atoms with Gasteiger partial charge in [0.05, 0.1) is 72.9 Å². The number of nitrogens with zero attached hydrogens (tertiary/aromatic N) is 3. The van der Waals surface area contributed by atoms with Gasteiger partial charge in [0.2, 0.25) is 0 Å². The minimum absolute atomic E-state index is 0.00370. The number of alkyl halides is 15. The Bertz CT molecular complexity index is 3870. The average Bonchev–Trinajstić information content (AvgIpc) is 3.84. The Kier molecular flexibility index (Phi) is 10.8. The summed E-state index contributed by atoms with van der Waals surface area (Å²) in [6.45, 7) is 0. The number of aromatic nitrogens is 2. The molecule has 72 heavy (non-hydrogen) atoms. The van der Waals surface area contributed by atoms with Gasteiger partial charge in [-0.05, 0) is 113 Å². The number of fused-ring (bicyclic) bond motifs is 6. The van der Waals surface area contributed by atoms with E-state index in [0.717, 1.165) is 18.2 Å². The topological polar surface area (TPSA) is 33.6 Å². The van der Waals surface area contributed by atoms with Crippen LogP contribution in [0.3, 0.4) is 0 Å². The fourth-order valence-electron chi connectivity index (χ4n) is 9.35. The molecule has 0 N–H and O–H groups in total. The van der Waals surface area contributed by atoms with Crippen molar-refractivity contribution in [1.29, 1.82) is 5.26 Å². The van der Waals surface area contributed by atoms with Crippen LogP contribution in [0.15, 0.2) is 158 Å². The zero-order chi connectivity index (χ0) is 51.4. The summed E-state index contributed by atoms with van der Waals surface area (Å²) in [5.41, 5.74) is -7.00. The molecule has 10 rings (SSSR count). The second kappa shape index (κ2) is 16.4. The number of nitriles is 1. The fraction of sp³-hybridized carbons (Fsp3) is 0.0926. The monoisotopic (exact) mass is 1000 g/mol. The van der Waals surface area contributed by atoms with Crippen LogP contribution in [0, 0.1) is 11.3 Å². The third kappa shape index (κ3) is 8.11. The molecular formula is C54H26F15N3. The molecule has 0 bridgehead atoms. The normalized spacial score (nSPS) is 12.9. The molecule has 2 aromatic heterocycles. The van der Waals surface area contributed by atoms with Crippen molar-refractivity contribution in [3.63, 3.8) is 0 Å². The predicted octanol–water partition coefficient (Wildman–Crippen LogP) is 17.8. The van der Waals surface area contributed by atoms with Gasteiger partial charge in [0, 0.05) is 32.7 Å². The van der Waals surface area contributed by atoms with Crippen molar-refractivity contribution >= 4 is 43.6 Å². The fourth-order valence-corrected chi connectivity index (χ4v) is 9.35. The van der Waals surface area contributed by atoms with E-state index in [-0.39, 0.29) is 67.7 Å². The zero-order valence-corrected chi connectivity index (χ0v) is 36.0. The van der Waals surface area contributed by atoms with Crippen molar-refractivity contribution in [2.24, 2.45) is 0 Å². The molecule has 0 amide bonds. The van der Waals surface area contributed by atoms with Gasteiger partial charge in [0.1, 0.15) is 0 Å². The molecule has 18 heteroatoms. The molecule has 10 aromatic rings. The maximum absolute atomic E-state index is 14.8. The molecule has 0 radical (unpaired) electrons. The second-order valence-corrected chi connectivity index (χ2v) is 16.8. The maximum Gasteiger partial charge on any atom is 0.417 e. The SMILES string of the molecule is N#Cc1ccc(-n2c3ccccc3c3cc(-c4ccc(C(F)(F)F)cc4C(F)(F)F)ccc32)c(-c2ccc(C(F)(F)F)cc2-n2c3ccccc3c3cc(-c4ccc(C(F)(F)F)cc4C(F)(F)F)ccc32)c1. The number of rotatable bonds is 5. The Balaban J connectivity index is 1.23. The first-order chi connectivity index (χ1) is 33.8. The van der Waals surface area contributed by atoms with Crippen molar-refractivity contribution in [2.75, 3.05) is 0 Å². The molecule has 362 valence electrons. The summed E-state index contributed by atoms with van der Waals surface area (Å²) in [5, 5.41) is 11.5. The quantitative estimate of drug-likeness (QED) is 0.158. The summed E-state index contributed by atoms with van der Waals surface area (Å²) >= 11 is 0. The first-order valence-electron chi connectivity index (χ1n) is 21.2. The van der Waals surface area contributed by atoms with Gasteiger partial charge in [-0.3, -0.25) is 0 Å². The molecule has 0 atom stereocenters. The van der Waals surface area contributed by atoms with Crippen LogP contribution in [0.2, 0.25) is 0 Å². The molecule has 0 aliphatic heterocycles. The highest BCUT2D eigenvalue weighted by Crippen LogP contribution is 2.47. The Hall–Kier alpha value is -8.20. The molecule has 0 spiro atoms. The third-order valence-electron chi connectivity index (χ3n) is 12.5. The molecule has 0 saturated carbocycles. The van der Waals surface area contributed by atoms with Gasteiger partial charge in [-0.15, -0.1) is 0 Å². The number of benzene rings is 8. The van der Waals surface area contributed by atoms with Gasteiger partial charge in [-0.1, -0.05) is 66.7 Å². The highest BCUT2D eigenvalue weighted by molar-refractivity contribution is 6.13. The van der Waals surface area contributed by atoms with Crippen molar-refractivity contribution in [1.82, 2.24) is 9.13 Å². The largest absolute Gasteiger partial charge is 0.417 e. The minimum atomic E-state index is -5.23. The van der Waals surface area contributed by atoms with Gasteiger partial charge >= 0.3 is 30.9 Å². The Morgan fingerprint density at radius 2 is 0.722 bits per heavy atom. The van der Waals surface area contributed by atoms with Crippen molar-refractivity contribution in [3.05, 3.63) is 191 Å². The Morgan fingerprint density at radius 3 is 1.15 bits per heavy atom. The van der Waals surface area contributed by atoms with Crippen molar-refractivity contribution in [2.45, 2.75) is 30.9 Å². The van der Waals surface area contributed by atoms with E-state index in [1.807, 2.05) is 6.07 Å². The maximum atomic E-state index is 14.8. The van der Waals surface area contributed by atoms with E-state index in [9.17, 15) is 71.1 Å². The van der Waals surface area contributed by atoms with Gasteiger partial charge < -0.3 is 9.13 Å². The van der Waals surface area contributed by atoms with Crippen molar-refractivity contribution < 1.29 is 65.9 Å². The van der Waals surface area contributed by atoms with Gasteiger partial charge in [0.15, 0.2) is 0 Å². The Morgan fingerprint density at radius 1 is 0.319 bits per heavy atom. The van der Waals surface area contributed by atoms with Crippen LogP contribution in [-0.2, 0) is 30.9 Å². The van der Waals surface area contributed by atoms with E-state index in [1.165, 1.54) is 65.2 Å². The van der Waals surface area contributed by atoms with E-state index in [1.54, 1.807) is 53.1 Å². The van der Waals surface area contributed by atoms with Crippen LogP contribution < -0.4 is 0 Å². The minimum Gasteiger partial charge on any atom is -0.309 e. The summed E-state index contributed by atoms with van der Waals surface area (Å²) in [6, 6.07) is 32.6. The second-order valence-electron chi connectivity index (χ2n) is 16.8. The van der Waals surface area contributed by atoms with Crippen LogP contribution in [0.25, 0.3) is 88.4 Å².